The summed E-state index contributed by atoms with van der Waals surface area (Å²) < 4.78 is 0. The highest BCUT2D eigenvalue weighted by Crippen LogP contribution is 2.10. The highest BCUT2D eigenvalue weighted by Gasteiger charge is 1.97. The SMILES string of the molecule is N#CC(N)=NCCN=C(N)NC(N)=NCCCCCCCCCCCCN=C(N)NC(N)=NCCN. The van der Waals surface area contributed by atoms with Gasteiger partial charge in [-0.15, -0.1) is 0 Å². The van der Waals surface area contributed by atoms with Crippen LogP contribution >= 0.6 is 0 Å². The van der Waals surface area contributed by atoms with E-state index in [0.29, 0.717) is 32.7 Å². The number of rotatable bonds is 18. The zero-order valence-corrected chi connectivity index (χ0v) is 21.5. The topological polar surface area (TPSA) is 266 Å². The smallest absolute Gasteiger partial charge is 0.198 e. The standard InChI is InChI=1S/C22H46N14/c23-11-14-33-21(28)35-19(26)31-12-9-7-5-3-1-2-4-6-8-10-13-32-20(27)36-22(29)34-16-15-30-18(25)17-24/h1-16,23H2,(H2,25,30)(H5,26,28,31,33,35)(H5,27,29,32,34,36). The van der Waals surface area contributed by atoms with E-state index in [4.69, 9.17) is 39.7 Å². The first-order valence-corrected chi connectivity index (χ1v) is 12.5. The highest BCUT2D eigenvalue weighted by atomic mass is 15.2. The zero-order chi connectivity index (χ0) is 26.9. The van der Waals surface area contributed by atoms with Gasteiger partial charge in [0.1, 0.15) is 6.07 Å². The third-order valence-electron chi connectivity index (χ3n) is 4.83. The second kappa shape index (κ2) is 23.2. The molecule has 0 fully saturated rings. The van der Waals surface area contributed by atoms with Crippen molar-refractivity contribution >= 4 is 29.7 Å². The van der Waals surface area contributed by atoms with Crippen molar-refractivity contribution in [1.82, 2.24) is 10.6 Å². The number of nitrogens with two attached hydrogens (primary N) is 6. The number of hydrogen-bond acceptors (Lipinski definition) is 7. The molecule has 0 aromatic carbocycles. The van der Waals surface area contributed by atoms with Crippen LogP contribution in [0.25, 0.3) is 0 Å². The van der Waals surface area contributed by atoms with Crippen molar-refractivity contribution in [1.29, 1.82) is 5.26 Å². The number of nitriles is 1. The summed E-state index contributed by atoms with van der Waals surface area (Å²) in [6.45, 7) is 2.81. The van der Waals surface area contributed by atoms with Gasteiger partial charge < -0.3 is 34.4 Å². The Balaban J connectivity index is 3.62. The molecule has 0 atom stereocenters. The maximum absolute atomic E-state index is 8.50. The fourth-order valence-electron chi connectivity index (χ4n) is 3.02. The summed E-state index contributed by atoms with van der Waals surface area (Å²) in [4.78, 5) is 20.3. The van der Waals surface area contributed by atoms with E-state index in [9.17, 15) is 0 Å². The molecule has 0 aromatic rings. The van der Waals surface area contributed by atoms with Crippen molar-refractivity contribution in [2.75, 3.05) is 39.3 Å². The molecule has 0 spiro atoms. The van der Waals surface area contributed by atoms with Gasteiger partial charge in [-0.3, -0.25) is 35.6 Å². The van der Waals surface area contributed by atoms with Gasteiger partial charge in [0.15, 0.2) is 29.7 Å². The van der Waals surface area contributed by atoms with E-state index in [1.54, 1.807) is 6.07 Å². The molecule has 0 saturated heterocycles. The van der Waals surface area contributed by atoms with Crippen molar-refractivity contribution < 1.29 is 0 Å². The van der Waals surface area contributed by atoms with E-state index in [1.807, 2.05) is 0 Å². The van der Waals surface area contributed by atoms with E-state index in [-0.39, 0.29) is 36.2 Å². The van der Waals surface area contributed by atoms with Crippen LogP contribution in [0.4, 0.5) is 0 Å². The average Bonchev–Trinajstić information content (AvgIpc) is 2.85. The first-order chi connectivity index (χ1) is 17.4. The number of hydrogen-bond donors (Lipinski definition) is 8. The number of unbranched alkanes of at least 4 members (excludes halogenated alkanes) is 9. The van der Waals surface area contributed by atoms with E-state index in [2.05, 4.69) is 35.6 Å². The van der Waals surface area contributed by atoms with Crippen LogP contribution in [-0.4, -0.2) is 68.9 Å². The van der Waals surface area contributed by atoms with Crippen molar-refractivity contribution in [2.45, 2.75) is 64.2 Å². The maximum Gasteiger partial charge on any atom is 0.198 e. The summed E-state index contributed by atoms with van der Waals surface area (Å²) >= 11 is 0. The van der Waals surface area contributed by atoms with E-state index >= 15 is 0 Å². The van der Waals surface area contributed by atoms with Gasteiger partial charge >= 0.3 is 0 Å². The summed E-state index contributed by atoms with van der Waals surface area (Å²) in [5, 5.41) is 14.0. The minimum absolute atomic E-state index is 0.0803. The maximum atomic E-state index is 8.50. The van der Waals surface area contributed by atoms with Gasteiger partial charge in [0.25, 0.3) is 0 Å². The molecule has 0 aliphatic heterocycles. The first kappa shape index (κ1) is 32.4. The predicted molar refractivity (Wildman–Crippen MR) is 150 cm³/mol. The minimum Gasteiger partial charge on any atom is -0.375 e. The number of aliphatic imine (C=N–C) groups is 5. The van der Waals surface area contributed by atoms with Crippen LogP contribution in [0.15, 0.2) is 25.0 Å². The molecular weight excluding hydrogens is 460 g/mol. The fourth-order valence-corrected chi connectivity index (χ4v) is 3.02. The molecule has 0 heterocycles. The Morgan fingerprint density at radius 2 is 0.833 bits per heavy atom. The van der Waals surface area contributed by atoms with E-state index < -0.39 is 0 Å². The van der Waals surface area contributed by atoms with Crippen molar-refractivity contribution in [3.63, 3.8) is 0 Å². The van der Waals surface area contributed by atoms with Gasteiger partial charge in [-0.05, 0) is 12.8 Å². The highest BCUT2D eigenvalue weighted by molar-refractivity contribution is 5.97. The lowest BCUT2D eigenvalue weighted by Gasteiger charge is -2.05. The van der Waals surface area contributed by atoms with Crippen LogP contribution in [-0.2, 0) is 0 Å². The molecule has 0 aliphatic carbocycles. The third kappa shape index (κ3) is 22.2. The molecule has 36 heavy (non-hydrogen) atoms. The van der Waals surface area contributed by atoms with Crippen molar-refractivity contribution in [3.05, 3.63) is 0 Å². The number of nitrogens with one attached hydrogen (secondary N) is 2. The Labute approximate surface area is 214 Å². The molecule has 204 valence electrons. The van der Waals surface area contributed by atoms with Crippen LogP contribution in [0.1, 0.15) is 64.2 Å². The molecule has 0 radical (unpaired) electrons. The van der Waals surface area contributed by atoms with E-state index in [1.165, 1.54) is 38.5 Å². The molecule has 0 saturated carbocycles. The summed E-state index contributed by atoms with van der Waals surface area (Å²) in [6, 6.07) is 1.73. The Kier molecular flexibility index (Phi) is 20.8. The predicted octanol–water partition coefficient (Wildman–Crippen LogP) is -0.835. The van der Waals surface area contributed by atoms with Crippen molar-refractivity contribution in [3.8, 4) is 6.07 Å². The van der Waals surface area contributed by atoms with Crippen LogP contribution < -0.4 is 45.0 Å². The van der Waals surface area contributed by atoms with Gasteiger partial charge in [-0.1, -0.05) is 51.4 Å². The molecule has 0 aliphatic rings. The molecule has 14 nitrogen and oxygen atoms in total. The zero-order valence-electron chi connectivity index (χ0n) is 21.5. The lowest BCUT2D eigenvalue weighted by atomic mass is 10.1. The average molecular weight is 507 g/mol. The Hall–Kier alpha value is -3.60. The number of amidine groups is 1. The molecule has 14 heteroatoms. The van der Waals surface area contributed by atoms with Gasteiger partial charge in [0.05, 0.1) is 19.6 Å². The molecule has 0 rings (SSSR count). The molecule has 0 unspecified atom stereocenters. The summed E-state index contributed by atoms with van der Waals surface area (Å²) in [6.07, 6.45) is 11.6. The monoisotopic (exact) mass is 506 g/mol. The van der Waals surface area contributed by atoms with Crippen LogP contribution in [0.2, 0.25) is 0 Å². The Bertz CT molecular complexity index is 763. The molecule has 0 aromatic heterocycles. The lowest BCUT2D eigenvalue weighted by Crippen LogP contribution is -2.42. The van der Waals surface area contributed by atoms with Gasteiger partial charge in [0, 0.05) is 19.6 Å². The van der Waals surface area contributed by atoms with Gasteiger partial charge in [-0.2, -0.15) is 5.26 Å². The van der Waals surface area contributed by atoms with E-state index in [0.717, 1.165) is 25.7 Å². The van der Waals surface area contributed by atoms with Crippen LogP contribution in [0, 0.1) is 11.3 Å². The molecule has 0 amide bonds. The largest absolute Gasteiger partial charge is 0.375 e. The Morgan fingerprint density at radius 1 is 0.500 bits per heavy atom. The number of guanidine groups is 4. The first-order valence-electron chi connectivity index (χ1n) is 12.5. The lowest BCUT2D eigenvalue weighted by molar-refractivity contribution is 0.554. The summed E-state index contributed by atoms with van der Waals surface area (Å²) in [7, 11) is 0. The number of nitrogens with zero attached hydrogens (tertiary/aromatic N) is 6. The summed E-state index contributed by atoms with van der Waals surface area (Å²) in [5.41, 5.74) is 33.6. The normalized spacial score (nSPS) is 13.5. The van der Waals surface area contributed by atoms with Gasteiger partial charge in [0.2, 0.25) is 0 Å². The second-order valence-corrected chi connectivity index (χ2v) is 8.02. The molecular formula is C22H46N14. The third-order valence-corrected chi connectivity index (χ3v) is 4.83. The van der Waals surface area contributed by atoms with Gasteiger partial charge in [-0.25, -0.2) is 0 Å². The fraction of sp³-hybridized carbons (Fsp3) is 0.727. The second-order valence-electron chi connectivity index (χ2n) is 8.02. The molecule has 0 bridgehead atoms. The van der Waals surface area contributed by atoms with Crippen molar-refractivity contribution in [2.24, 2.45) is 59.4 Å². The van der Waals surface area contributed by atoms with Crippen LogP contribution in [0.5, 0.6) is 0 Å². The Morgan fingerprint density at radius 3 is 1.22 bits per heavy atom. The molecule has 14 N–H and O–H groups in total. The van der Waals surface area contributed by atoms with Crippen LogP contribution in [0.3, 0.4) is 0 Å². The minimum atomic E-state index is -0.0803. The summed E-state index contributed by atoms with van der Waals surface area (Å²) in [5.74, 6) is 0.845. The quantitative estimate of drug-likeness (QED) is 0.0653.